The highest BCUT2D eigenvalue weighted by Gasteiger charge is 2.39. The first-order chi connectivity index (χ1) is 11.5. The Morgan fingerprint density at radius 2 is 2.04 bits per heavy atom. The van der Waals surface area contributed by atoms with Gasteiger partial charge in [0.25, 0.3) is 5.91 Å². The van der Waals surface area contributed by atoms with Crippen molar-refractivity contribution in [2.75, 3.05) is 18.4 Å². The maximum absolute atomic E-state index is 12.6. The third-order valence-electron chi connectivity index (χ3n) is 4.88. The zero-order valence-corrected chi connectivity index (χ0v) is 13.7. The lowest BCUT2D eigenvalue weighted by molar-refractivity contribution is -0.143. The van der Waals surface area contributed by atoms with Crippen molar-refractivity contribution in [1.82, 2.24) is 4.90 Å². The molecular weight excluding hydrogens is 308 g/mol. The van der Waals surface area contributed by atoms with E-state index in [1.807, 2.05) is 6.92 Å². The molecular formula is C18H22N2O4. The maximum atomic E-state index is 12.6. The van der Waals surface area contributed by atoms with E-state index in [1.54, 1.807) is 29.2 Å². The summed E-state index contributed by atoms with van der Waals surface area (Å²) >= 11 is 0. The quantitative estimate of drug-likeness (QED) is 0.886. The number of aliphatic carboxylic acids is 1. The number of carboxylic acids is 1. The van der Waals surface area contributed by atoms with Gasteiger partial charge in [-0.15, -0.1) is 0 Å². The Hall–Kier alpha value is -2.37. The van der Waals surface area contributed by atoms with Crippen LogP contribution in [-0.2, 0) is 9.59 Å². The van der Waals surface area contributed by atoms with Crippen LogP contribution in [0.15, 0.2) is 24.3 Å². The first-order valence-corrected chi connectivity index (χ1v) is 8.38. The summed E-state index contributed by atoms with van der Waals surface area (Å²) in [5.41, 5.74) is 1.08. The Bertz CT molecular complexity index is 673. The highest BCUT2D eigenvalue weighted by molar-refractivity contribution is 5.98. The molecule has 1 aliphatic heterocycles. The van der Waals surface area contributed by atoms with E-state index in [0.29, 0.717) is 36.6 Å². The molecule has 0 bridgehead atoms. The van der Waals surface area contributed by atoms with Gasteiger partial charge in [0.2, 0.25) is 5.91 Å². The molecule has 3 rings (SSSR count). The molecule has 1 saturated carbocycles. The van der Waals surface area contributed by atoms with Gasteiger partial charge in [-0.1, -0.05) is 13.0 Å². The van der Waals surface area contributed by atoms with E-state index in [2.05, 4.69) is 5.32 Å². The van der Waals surface area contributed by atoms with Crippen LogP contribution < -0.4 is 5.32 Å². The first-order valence-electron chi connectivity index (χ1n) is 8.38. The van der Waals surface area contributed by atoms with E-state index in [9.17, 15) is 14.4 Å². The molecule has 1 aromatic carbocycles. The summed E-state index contributed by atoms with van der Waals surface area (Å²) in [4.78, 5) is 37.4. The van der Waals surface area contributed by atoms with Crippen LogP contribution >= 0.6 is 0 Å². The van der Waals surface area contributed by atoms with Gasteiger partial charge in [-0.25, -0.2) is 0 Å². The second-order valence-electron chi connectivity index (χ2n) is 6.82. The van der Waals surface area contributed by atoms with Gasteiger partial charge in [0.05, 0.1) is 5.92 Å². The summed E-state index contributed by atoms with van der Waals surface area (Å²) in [5.74, 6) is -1.04. The Balaban J connectivity index is 1.67. The molecule has 2 N–H and O–H groups in total. The Labute approximate surface area is 140 Å². The van der Waals surface area contributed by atoms with Crippen LogP contribution in [0, 0.1) is 17.8 Å². The van der Waals surface area contributed by atoms with Crippen LogP contribution in [0.1, 0.15) is 36.5 Å². The minimum atomic E-state index is -0.855. The summed E-state index contributed by atoms with van der Waals surface area (Å²) < 4.78 is 0. The van der Waals surface area contributed by atoms with Crippen molar-refractivity contribution in [1.29, 1.82) is 0 Å². The molecule has 128 valence electrons. The van der Waals surface area contributed by atoms with Crippen LogP contribution in [0.4, 0.5) is 5.69 Å². The van der Waals surface area contributed by atoms with Crippen LogP contribution in [0.3, 0.4) is 0 Å². The van der Waals surface area contributed by atoms with E-state index in [0.717, 1.165) is 6.42 Å². The SMILES string of the molecule is CC1CC1C(=O)Nc1cccc(C(=O)N2CCC[C@H](C(=O)O)C2)c1. The number of nitrogens with one attached hydrogen (secondary N) is 1. The molecule has 6 heteroatoms. The van der Waals surface area contributed by atoms with Crippen LogP contribution in [0.5, 0.6) is 0 Å². The number of benzene rings is 1. The van der Waals surface area contributed by atoms with E-state index < -0.39 is 11.9 Å². The maximum Gasteiger partial charge on any atom is 0.308 e. The number of likely N-dealkylation sites (tertiary alicyclic amines) is 1. The third-order valence-corrected chi connectivity index (χ3v) is 4.88. The highest BCUT2D eigenvalue weighted by atomic mass is 16.4. The van der Waals surface area contributed by atoms with Gasteiger partial charge < -0.3 is 15.3 Å². The van der Waals surface area contributed by atoms with Gasteiger partial charge >= 0.3 is 5.97 Å². The van der Waals surface area contributed by atoms with Crippen LogP contribution in [0.25, 0.3) is 0 Å². The molecule has 1 aliphatic carbocycles. The standard InChI is InChI=1S/C18H22N2O4/c1-11-8-15(11)16(21)19-14-6-2-4-12(9-14)17(22)20-7-3-5-13(10-20)18(23)24/h2,4,6,9,11,13,15H,3,5,7-8,10H2,1H3,(H,19,21)(H,23,24)/t11?,13-,15?/m0/s1. The van der Waals surface area contributed by atoms with Crippen molar-refractivity contribution >= 4 is 23.5 Å². The minimum Gasteiger partial charge on any atom is -0.481 e. The van der Waals surface area contributed by atoms with Gasteiger partial charge in [-0.05, 0) is 43.4 Å². The summed E-state index contributed by atoms with van der Waals surface area (Å²) in [6.45, 7) is 2.85. The average molecular weight is 330 g/mol. The number of amides is 2. The molecule has 1 heterocycles. The topological polar surface area (TPSA) is 86.7 Å². The molecule has 1 saturated heterocycles. The van der Waals surface area contributed by atoms with Crippen LogP contribution in [-0.4, -0.2) is 40.9 Å². The molecule has 3 atom stereocenters. The second kappa shape index (κ2) is 6.63. The minimum absolute atomic E-state index is 0.00369. The van der Waals surface area contributed by atoms with Crippen molar-refractivity contribution in [2.24, 2.45) is 17.8 Å². The molecule has 2 aliphatic rings. The fourth-order valence-corrected chi connectivity index (χ4v) is 3.20. The molecule has 2 fully saturated rings. The van der Waals surface area contributed by atoms with Crippen molar-refractivity contribution < 1.29 is 19.5 Å². The number of piperidine rings is 1. The molecule has 2 unspecified atom stereocenters. The largest absolute Gasteiger partial charge is 0.481 e. The third kappa shape index (κ3) is 3.58. The summed E-state index contributed by atoms with van der Waals surface area (Å²) in [5, 5.41) is 12.0. The van der Waals surface area contributed by atoms with Gasteiger partial charge in [-0.2, -0.15) is 0 Å². The number of anilines is 1. The van der Waals surface area contributed by atoms with E-state index >= 15 is 0 Å². The monoisotopic (exact) mass is 330 g/mol. The van der Waals surface area contributed by atoms with Crippen molar-refractivity contribution in [3.63, 3.8) is 0 Å². The van der Waals surface area contributed by atoms with Gasteiger partial charge in [0.1, 0.15) is 0 Å². The predicted octanol–water partition coefficient (Wildman–Crippen LogP) is 2.22. The van der Waals surface area contributed by atoms with Crippen molar-refractivity contribution in [3.8, 4) is 0 Å². The number of carboxylic acid groups (broad SMARTS) is 1. The number of nitrogens with zero attached hydrogens (tertiary/aromatic N) is 1. The van der Waals surface area contributed by atoms with Crippen molar-refractivity contribution in [2.45, 2.75) is 26.2 Å². The molecule has 24 heavy (non-hydrogen) atoms. The molecule has 6 nitrogen and oxygen atoms in total. The van der Waals surface area contributed by atoms with E-state index in [4.69, 9.17) is 5.11 Å². The lowest BCUT2D eigenvalue weighted by Gasteiger charge is -2.30. The molecule has 0 aromatic heterocycles. The summed E-state index contributed by atoms with van der Waals surface area (Å²) in [6, 6.07) is 6.86. The van der Waals surface area contributed by atoms with Gasteiger partial charge in [0, 0.05) is 30.3 Å². The number of hydrogen-bond donors (Lipinski definition) is 2. The molecule has 1 aromatic rings. The van der Waals surface area contributed by atoms with E-state index in [-0.39, 0.29) is 24.3 Å². The fourth-order valence-electron chi connectivity index (χ4n) is 3.20. The molecule has 0 spiro atoms. The summed E-state index contributed by atoms with van der Waals surface area (Å²) in [6.07, 6.45) is 2.21. The Morgan fingerprint density at radius 3 is 2.71 bits per heavy atom. The van der Waals surface area contributed by atoms with Gasteiger partial charge in [-0.3, -0.25) is 14.4 Å². The number of carbonyl (C=O) groups excluding carboxylic acids is 2. The Morgan fingerprint density at radius 1 is 1.29 bits per heavy atom. The predicted molar refractivity (Wildman–Crippen MR) is 88.6 cm³/mol. The zero-order valence-electron chi connectivity index (χ0n) is 13.7. The molecule has 2 amide bonds. The van der Waals surface area contributed by atoms with Crippen LogP contribution in [0.2, 0.25) is 0 Å². The Kier molecular flexibility index (Phi) is 4.55. The molecule has 0 radical (unpaired) electrons. The van der Waals surface area contributed by atoms with Gasteiger partial charge in [0.15, 0.2) is 0 Å². The lowest BCUT2D eigenvalue weighted by atomic mass is 9.97. The second-order valence-corrected chi connectivity index (χ2v) is 6.82. The highest BCUT2D eigenvalue weighted by Crippen LogP contribution is 2.38. The normalized spacial score (nSPS) is 25.9. The lowest BCUT2D eigenvalue weighted by Crippen LogP contribution is -2.42. The first kappa shape index (κ1) is 16.5. The fraction of sp³-hybridized carbons (Fsp3) is 0.500. The number of hydrogen-bond acceptors (Lipinski definition) is 3. The summed E-state index contributed by atoms with van der Waals surface area (Å²) in [7, 11) is 0. The van der Waals surface area contributed by atoms with E-state index in [1.165, 1.54) is 0 Å². The smallest absolute Gasteiger partial charge is 0.308 e. The average Bonchev–Trinajstić information content (AvgIpc) is 3.31. The van der Waals surface area contributed by atoms with Crippen molar-refractivity contribution in [3.05, 3.63) is 29.8 Å². The number of carbonyl (C=O) groups is 3. The zero-order chi connectivity index (χ0) is 17.3. The number of rotatable bonds is 4.